The number of hydrogen-bond donors (Lipinski definition) is 0. The van der Waals surface area contributed by atoms with Crippen LogP contribution in [-0.4, -0.2) is 11.0 Å². The summed E-state index contributed by atoms with van der Waals surface area (Å²) in [7, 11) is 0. The van der Waals surface area contributed by atoms with Gasteiger partial charge in [-0.15, -0.1) is 0 Å². The van der Waals surface area contributed by atoms with E-state index in [1.165, 1.54) is 0 Å². The van der Waals surface area contributed by atoms with Crippen molar-refractivity contribution in [2.24, 2.45) is 0 Å². The monoisotopic (exact) mass is 216 g/mol. The van der Waals surface area contributed by atoms with Crippen LogP contribution >= 0.6 is 0 Å². The molecule has 0 unspecified atom stereocenters. The minimum absolute atomic E-state index is 0. The standard InChI is InChI=1S/Cu.Mn.2H2O.Zn/h;;2*1H2;/q;+2;;;/p-2. The SMILES string of the molecule is [Cu].[Mn+2].[OH-].[OH-].[Zn]. The summed E-state index contributed by atoms with van der Waals surface area (Å²) in [5.41, 5.74) is 0. The van der Waals surface area contributed by atoms with Crippen molar-refractivity contribution in [2.45, 2.75) is 0 Å². The molecule has 2 nitrogen and oxygen atoms in total. The first-order valence-electron chi connectivity index (χ1n) is 0. The molecular formula is H2CuMnO2Zn. The van der Waals surface area contributed by atoms with Crippen LogP contribution in [0.25, 0.3) is 0 Å². The molecule has 0 aliphatic carbocycles. The first-order chi connectivity index (χ1) is 0. The predicted molar refractivity (Wildman–Crippen MR) is 3.87 cm³/mol. The van der Waals surface area contributed by atoms with Gasteiger partial charge in [-0.05, 0) is 0 Å². The summed E-state index contributed by atoms with van der Waals surface area (Å²) in [6.45, 7) is 0. The van der Waals surface area contributed by atoms with Crippen LogP contribution in [0.2, 0.25) is 0 Å². The maximum absolute atomic E-state index is 0. The molecule has 0 rings (SSSR count). The van der Waals surface area contributed by atoms with Gasteiger partial charge in [-0.25, -0.2) is 0 Å². The Kier molecular flexibility index (Phi) is 767. The summed E-state index contributed by atoms with van der Waals surface area (Å²) in [6.07, 6.45) is 0. The second kappa shape index (κ2) is 46.8. The van der Waals surface area contributed by atoms with E-state index in [2.05, 4.69) is 0 Å². The van der Waals surface area contributed by atoms with Crippen molar-refractivity contribution in [3.05, 3.63) is 0 Å². The van der Waals surface area contributed by atoms with Crippen LogP contribution in [0.3, 0.4) is 0 Å². The zero-order valence-corrected chi connectivity index (χ0v) is 7.37. The van der Waals surface area contributed by atoms with E-state index < -0.39 is 0 Å². The summed E-state index contributed by atoms with van der Waals surface area (Å²) in [6, 6.07) is 0. The molecule has 0 aliphatic heterocycles. The van der Waals surface area contributed by atoms with Crippen molar-refractivity contribution < 1.29 is 64.6 Å². The normalized spacial score (nSPS) is 0. The third kappa shape index (κ3) is 28.6. The van der Waals surface area contributed by atoms with Crippen LogP contribution in [-0.2, 0) is 53.6 Å². The van der Waals surface area contributed by atoms with Gasteiger partial charge in [0, 0.05) is 36.5 Å². The zero-order valence-electron chi connectivity index (χ0n) is 2.28. The average molecular weight is 218 g/mol. The van der Waals surface area contributed by atoms with Gasteiger partial charge in [0.05, 0.1) is 0 Å². The first-order valence-corrected chi connectivity index (χ1v) is 0. The van der Waals surface area contributed by atoms with Crippen LogP contribution in [0.1, 0.15) is 0 Å². The fourth-order valence-electron chi connectivity index (χ4n) is 0. The fraction of sp³-hybridized carbons (Fsp3) is 0. The van der Waals surface area contributed by atoms with Crippen molar-refractivity contribution in [2.75, 3.05) is 0 Å². The van der Waals surface area contributed by atoms with Gasteiger partial charge in [-0.3, -0.25) is 0 Å². The minimum Gasteiger partial charge on any atom is -0.870 e. The molecular weight excluding hydrogens is 216 g/mol. The van der Waals surface area contributed by atoms with Crippen LogP contribution in [0.5, 0.6) is 0 Å². The molecule has 5 heteroatoms. The third-order valence-electron chi connectivity index (χ3n) is 0. The second-order valence-electron chi connectivity index (χ2n) is 0. The molecule has 0 atom stereocenters. The molecule has 34 valence electrons. The van der Waals surface area contributed by atoms with Crippen LogP contribution < -0.4 is 0 Å². The maximum atomic E-state index is 0. The topological polar surface area (TPSA) is 60.0 Å². The van der Waals surface area contributed by atoms with Crippen LogP contribution in [0.4, 0.5) is 0 Å². The summed E-state index contributed by atoms with van der Waals surface area (Å²) in [4.78, 5) is 0. The first kappa shape index (κ1) is 81.9. The Morgan fingerprint density at radius 1 is 0.800 bits per heavy atom. The number of hydrogen-bond acceptors (Lipinski definition) is 2. The molecule has 2 radical (unpaired) electrons. The van der Waals surface area contributed by atoms with E-state index >= 15 is 0 Å². The van der Waals surface area contributed by atoms with Gasteiger partial charge in [-0.1, -0.05) is 0 Å². The van der Waals surface area contributed by atoms with Crippen molar-refractivity contribution >= 4 is 0 Å². The van der Waals surface area contributed by atoms with E-state index in [4.69, 9.17) is 0 Å². The fourth-order valence-corrected chi connectivity index (χ4v) is 0. The van der Waals surface area contributed by atoms with Gasteiger partial charge in [0.25, 0.3) is 0 Å². The van der Waals surface area contributed by atoms with Gasteiger partial charge < -0.3 is 11.0 Å². The van der Waals surface area contributed by atoms with E-state index in [9.17, 15) is 0 Å². The van der Waals surface area contributed by atoms with E-state index in [1.807, 2.05) is 0 Å². The Morgan fingerprint density at radius 3 is 0.800 bits per heavy atom. The Labute approximate surface area is 64.4 Å². The molecule has 0 fully saturated rings. The molecule has 0 aliphatic rings. The summed E-state index contributed by atoms with van der Waals surface area (Å²) in [5, 5.41) is 0. The number of rotatable bonds is 0. The molecule has 0 saturated heterocycles. The molecule has 5 heavy (non-hydrogen) atoms. The van der Waals surface area contributed by atoms with Crippen molar-refractivity contribution in [3.63, 3.8) is 0 Å². The summed E-state index contributed by atoms with van der Waals surface area (Å²) < 4.78 is 0. The van der Waals surface area contributed by atoms with Crippen LogP contribution in [0, 0.1) is 0 Å². The van der Waals surface area contributed by atoms with E-state index in [0.717, 1.165) is 0 Å². The summed E-state index contributed by atoms with van der Waals surface area (Å²) in [5.74, 6) is 0. The molecule has 0 bridgehead atoms. The Balaban J connectivity index is 0. The molecule has 0 aromatic heterocycles. The van der Waals surface area contributed by atoms with E-state index in [0.29, 0.717) is 0 Å². The van der Waals surface area contributed by atoms with Crippen molar-refractivity contribution in [3.8, 4) is 0 Å². The zero-order chi connectivity index (χ0) is 0. The molecule has 0 heterocycles. The van der Waals surface area contributed by atoms with E-state index in [1.54, 1.807) is 0 Å². The largest absolute Gasteiger partial charge is 2.00 e. The molecule has 2 N–H and O–H groups in total. The smallest absolute Gasteiger partial charge is 0.870 e. The van der Waals surface area contributed by atoms with Gasteiger partial charge in [0.2, 0.25) is 0 Å². The van der Waals surface area contributed by atoms with E-state index in [-0.39, 0.29) is 64.6 Å². The Bertz CT molecular complexity index is 9.61. The quantitative estimate of drug-likeness (QED) is 0.521. The predicted octanol–water partition coefficient (Wildman–Crippen LogP) is -0.361. The molecule has 0 amide bonds. The molecule has 0 saturated carbocycles. The Hall–Kier alpha value is 1.58. The maximum Gasteiger partial charge on any atom is 2.00 e. The summed E-state index contributed by atoms with van der Waals surface area (Å²) >= 11 is 0. The van der Waals surface area contributed by atoms with Gasteiger partial charge in [-0.2, -0.15) is 0 Å². The minimum atomic E-state index is 0. The van der Waals surface area contributed by atoms with Crippen molar-refractivity contribution in [1.82, 2.24) is 0 Å². The van der Waals surface area contributed by atoms with Gasteiger partial charge in [0.1, 0.15) is 0 Å². The van der Waals surface area contributed by atoms with Gasteiger partial charge >= 0.3 is 17.1 Å². The third-order valence-corrected chi connectivity index (χ3v) is 0. The second-order valence-corrected chi connectivity index (χ2v) is 0. The molecule has 0 aromatic carbocycles. The molecule has 0 aromatic rings. The van der Waals surface area contributed by atoms with Gasteiger partial charge in [0.15, 0.2) is 0 Å². The van der Waals surface area contributed by atoms with Crippen molar-refractivity contribution in [1.29, 1.82) is 0 Å². The Morgan fingerprint density at radius 2 is 0.800 bits per heavy atom. The van der Waals surface area contributed by atoms with Crippen LogP contribution in [0.15, 0.2) is 0 Å². The molecule has 0 spiro atoms. The average Bonchev–Trinajstić information content (AvgIpc) is 0.